The molecule has 0 bridgehead atoms. The van der Waals surface area contributed by atoms with Crippen LogP contribution in [-0.2, 0) is 29.1 Å². The summed E-state index contributed by atoms with van der Waals surface area (Å²) in [6, 6.07) is 5.04. The van der Waals surface area contributed by atoms with Gasteiger partial charge in [0.2, 0.25) is 27.7 Å². The number of alkyl carbamates (subject to hydrolysis) is 1. The molecule has 1 saturated heterocycles. The maximum absolute atomic E-state index is 14.4. The number of sulfonamides is 1. The Balaban J connectivity index is 1.27. The summed E-state index contributed by atoms with van der Waals surface area (Å²) in [6.45, 7) is 9.12. The number of aromatic nitrogens is 1. The molecular weight excluding hydrogens is 666 g/mol. The molecule has 2 aromatic rings. The molecule has 1 aliphatic heterocycles. The molecule has 50 heavy (non-hydrogen) atoms. The van der Waals surface area contributed by atoms with Crippen LogP contribution in [0.5, 0.6) is 11.6 Å². The number of hydrogen-bond donors (Lipinski definition) is 3. The van der Waals surface area contributed by atoms with Gasteiger partial charge in [-0.2, -0.15) is 0 Å². The molecule has 270 valence electrons. The van der Waals surface area contributed by atoms with Crippen molar-refractivity contribution < 1.29 is 41.8 Å². The van der Waals surface area contributed by atoms with Crippen molar-refractivity contribution in [1.29, 1.82) is 0 Å². The number of pyridine rings is 1. The van der Waals surface area contributed by atoms with E-state index in [1.54, 1.807) is 40.1 Å². The molecule has 14 nitrogen and oxygen atoms in total. The van der Waals surface area contributed by atoms with Crippen LogP contribution in [0.15, 0.2) is 43.1 Å². The van der Waals surface area contributed by atoms with E-state index in [1.807, 2.05) is 18.2 Å². The molecule has 2 heterocycles. The van der Waals surface area contributed by atoms with Crippen molar-refractivity contribution in [3.05, 3.63) is 43.1 Å². The van der Waals surface area contributed by atoms with Gasteiger partial charge in [0, 0.05) is 23.9 Å². The SMILES string of the molecule is C=C[C@@H]1C[C@]1(NC(=O)[C@@H]1C[C@@H](Oc2nccc3cc(OC)ccc23)CN1C(=O)[C@@H](NC(=O)OC1CCC1)C(C)(C)C)C(=O)NS(=O)(=O)C1CC1. The van der Waals surface area contributed by atoms with E-state index in [0.717, 1.165) is 24.6 Å². The average Bonchev–Trinajstić information content (AvgIpc) is 3.97. The number of nitrogens with one attached hydrogen (secondary N) is 3. The second-order valence-corrected chi connectivity index (χ2v) is 16.7. The number of benzene rings is 1. The van der Waals surface area contributed by atoms with Gasteiger partial charge in [0.25, 0.3) is 5.91 Å². The highest BCUT2D eigenvalue weighted by molar-refractivity contribution is 7.91. The fraction of sp³-hybridized carbons (Fsp3) is 0.571. The Bertz CT molecular complexity index is 1800. The molecule has 3 aliphatic carbocycles. The molecule has 15 heteroatoms. The van der Waals surface area contributed by atoms with Crippen molar-refractivity contribution in [2.24, 2.45) is 11.3 Å². The zero-order valence-corrected chi connectivity index (χ0v) is 29.6. The Morgan fingerprint density at radius 2 is 1.84 bits per heavy atom. The second-order valence-electron chi connectivity index (χ2n) is 14.8. The Kier molecular flexibility index (Phi) is 9.48. The summed E-state index contributed by atoms with van der Waals surface area (Å²) in [4.78, 5) is 60.7. The smallest absolute Gasteiger partial charge is 0.408 e. The highest BCUT2D eigenvalue weighted by atomic mass is 32.2. The maximum Gasteiger partial charge on any atom is 0.408 e. The minimum absolute atomic E-state index is 0.0305. The molecule has 4 amide bonds. The summed E-state index contributed by atoms with van der Waals surface area (Å²) in [5, 5.41) is 6.40. The van der Waals surface area contributed by atoms with Crippen LogP contribution in [0.1, 0.15) is 65.7 Å². The zero-order chi connectivity index (χ0) is 36.0. The predicted molar refractivity (Wildman–Crippen MR) is 183 cm³/mol. The molecule has 0 radical (unpaired) electrons. The van der Waals surface area contributed by atoms with Gasteiger partial charge in [-0.3, -0.25) is 19.1 Å². The van der Waals surface area contributed by atoms with Gasteiger partial charge in [0.1, 0.15) is 35.6 Å². The second kappa shape index (κ2) is 13.4. The number of carbonyl (C=O) groups is 4. The van der Waals surface area contributed by atoms with Crippen LogP contribution in [0, 0.1) is 11.3 Å². The van der Waals surface area contributed by atoms with Crippen LogP contribution in [0.4, 0.5) is 4.79 Å². The predicted octanol–water partition coefficient (Wildman–Crippen LogP) is 2.95. The first-order valence-corrected chi connectivity index (χ1v) is 18.6. The van der Waals surface area contributed by atoms with E-state index in [9.17, 15) is 27.6 Å². The van der Waals surface area contributed by atoms with E-state index < -0.39 is 74.1 Å². The Morgan fingerprint density at radius 1 is 1.10 bits per heavy atom. The minimum Gasteiger partial charge on any atom is -0.497 e. The van der Waals surface area contributed by atoms with Gasteiger partial charge >= 0.3 is 6.09 Å². The van der Waals surface area contributed by atoms with Crippen LogP contribution in [0.2, 0.25) is 0 Å². The van der Waals surface area contributed by atoms with Gasteiger partial charge in [0.15, 0.2) is 0 Å². The number of nitrogens with zero attached hydrogens (tertiary/aromatic N) is 2. The monoisotopic (exact) mass is 711 g/mol. The summed E-state index contributed by atoms with van der Waals surface area (Å²) in [6.07, 6.45) is 5.05. The van der Waals surface area contributed by atoms with Gasteiger partial charge < -0.3 is 29.7 Å². The molecule has 5 atom stereocenters. The highest BCUT2D eigenvalue weighted by Crippen LogP contribution is 2.45. The molecule has 1 aromatic carbocycles. The van der Waals surface area contributed by atoms with Crippen molar-refractivity contribution in [3.63, 3.8) is 0 Å². The summed E-state index contributed by atoms with van der Waals surface area (Å²) >= 11 is 0. The lowest BCUT2D eigenvalue weighted by Gasteiger charge is -2.36. The fourth-order valence-electron chi connectivity index (χ4n) is 6.51. The van der Waals surface area contributed by atoms with Crippen LogP contribution < -0.4 is 24.8 Å². The standard InChI is InChI=1S/C35H45N5O9S/c1-6-21-18-35(21,32(43)39-50(45,46)25-11-12-25)38-29(41)27-17-24(48-30-26-13-10-23(47-5)16-20(26)14-15-36-30)19-40(27)31(42)28(34(2,3)4)37-33(44)49-22-8-7-9-22/h6,10,13-16,21-22,24-25,27-28H,1,7-9,11-12,17-19H2,2-5H3,(H,37,44)(H,38,41)(H,39,43)/t21-,24-,27+,28-,35-/m1/s1. The average molecular weight is 712 g/mol. The zero-order valence-electron chi connectivity index (χ0n) is 28.8. The van der Waals surface area contributed by atoms with Gasteiger partial charge in [0.05, 0.1) is 18.9 Å². The number of likely N-dealkylation sites (tertiary alicyclic amines) is 1. The molecule has 3 N–H and O–H groups in total. The van der Waals surface area contributed by atoms with Crippen LogP contribution in [-0.4, -0.2) is 90.9 Å². The number of carbonyl (C=O) groups excluding carboxylic acids is 4. The summed E-state index contributed by atoms with van der Waals surface area (Å²) < 4.78 is 44.7. The largest absolute Gasteiger partial charge is 0.497 e. The van der Waals surface area contributed by atoms with Crippen molar-refractivity contribution in [2.75, 3.05) is 13.7 Å². The Labute approximate surface area is 291 Å². The van der Waals surface area contributed by atoms with Crippen LogP contribution >= 0.6 is 0 Å². The number of rotatable bonds is 12. The van der Waals surface area contributed by atoms with E-state index in [2.05, 4.69) is 26.9 Å². The third kappa shape index (κ3) is 7.23. The first-order valence-electron chi connectivity index (χ1n) is 17.0. The van der Waals surface area contributed by atoms with Crippen molar-refractivity contribution in [1.82, 2.24) is 25.2 Å². The van der Waals surface area contributed by atoms with Crippen LogP contribution in [0.3, 0.4) is 0 Å². The number of methoxy groups -OCH3 is 1. The van der Waals surface area contributed by atoms with Gasteiger partial charge in [-0.15, -0.1) is 6.58 Å². The normalized spacial score (nSPS) is 25.5. The fourth-order valence-corrected chi connectivity index (χ4v) is 7.87. The highest BCUT2D eigenvalue weighted by Gasteiger charge is 2.62. The molecule has 1 aromatic heterocycles. The maximum atomic E-state index is 14.4. The van der Waals surface area contributed by atoms with E-state index in [-0.39, 0.29) is 25.5 Å². The van der Waals surface area contributed by atoms with Crippen LogP contribution in [0.25, 0.3) is 10.8 Å². The molecule has 6 rings (SSSR count). The van der Waals surface area contributed by atoms with Gasteiger partial charge in [-0.05, 0) is 73.6 Å². The lowest BCUT2D eigenvalue weighted by atomic mass is 9.85. The third-order valence-electron chi connectivity index (χ3n) is 10.0. The molecule has 3 saturated carbocycles. The Morgan fingerprint density at radius 3 is 2.44 bits per heavy atom. The number of hydrogen-bond acceptors (Lipinski definition) is 10. The quantitative estimate of drug-likeness (QED) is 0.277. The number of fused-ring (bicyclic) bond motifs is 1. The lowest BCUT2D eigenvalue weighted by molar-refractivity contribution is -0.143. The van der Waals surface area contributed by atoms with Crippen molar-refractivity contribution in [2.45, 2.75) is 101 Å². The van der Waals surface area contributed by atoms with E-state index in [1.165, 1.54) is 11.0 Å². The topological polar surface area (TPSA) is 182 Å². The van der Waals surface area contributed by atoms with Gasteiger partial charge in [-0.1, -0.05) is 26.8 Å². The molecule has 4 fully saturated rings. The molecule has 4 aliphatic rings. The summed E-state index contributed by atoms with van der Waals surface area (Å²) in [5.74, 6) is -1.59. The Hall–Kier alpha value is -4.40. The van der Waals surface area contributed by atoms with Gasteiger partial charge in [-0.25, -0.2) is 18.2 Å². The van der Waals surface area contributed by atoms with E-state index in [0.29, 0.717) is 29.9 Å². The van der Waals surface area contributed by atoms with E-state index >= 15 is 0 Å². The van der Waals surface area contributed by atoms with E-state index in [4.69, 9.17) is 14.2 Å². The van der Waals surface area contributed by atoms with Crippen molar-refractivity contribution in [3.8, 4) is 11.6 Å². The third-order valence-corrected chi connectivity index (χ3v) is 11.8. The summed E-state index contributed by atoms with van der Waals surface area (Å²) in [5.41, 5.74) is -2.33. The minimum atomic E-state index is -3.89. The molecule has 0 unspecified atom stereocenters. The number of amides is 4. The first kappa shape index (κ1) is 35.4. The number of ether oxygens (including phenoxy) is 3. The van der Waals surface area contributed by atoms with Crippen molar-refractivity contribution >= 4 is 44.6 Å². The first-order chi connectivity index (χ1) is 23.6. The molecular formula is C35H45N5O9S. The lowest BCUT2D eigenvalue weighted by Crippen LogP contribution is -2.60. The summed E-state index contributed by atoms with van der Waals surface area (Å²) in [7, 11) is -2.32. The molecule has 0 spiro atoms.